The Morgan fingerprint density at radius 1 is 0.963 bits per heavy atom. The largest absolute Gasteiger partial charge is 0.867 e. The Morgan fingerprint density at radius 3 is 2.33 bits per heavy atom. The first-order valence-electron chi connectivity index (χ1n) is 8.49. The summed E-state index contributed by atoms with van der Waals surface area (Å²) < 4.78 is 2.48. The van der Waals surface area contributed by atoms with Crippen molar-refractivity contribution in [3.05, 3.63) is 94.2 Å². The van der Waals surface area contributed by atoms with Crippen LogP contribution in [0.15, 0.2) is 77.5 Å². The summed E-state index contributed by atoms with van der Waals surface area (Å²) >= 11 is 9.09. The molecule has 0 bridgehead atoms. The molecule has 0 aliphatic rings. The van der Waals surface area contributed by atoms with E-state index in [-0.39, 0.29) is 5.76 Å². The van der Waals surface area contributed by atoms with E-state index in [0.29, 0.717) is 16.2 Å². The van der Waals surface area contributed by atoms with Crippen molar-refractivity contribution in [2.45, 2.75) is 13.8 Å². The molecule has 5 heteroatoms. The second-order valence-electron chi connectivity index (χ2n) is 6.19. The molecule has 1 heterocycles. The van der Waals surface area contributed by atoms with E-state index >= 15 is 0 Å². The zero-order valence-corrected chi connectivity index (χ0v) is 17.5. The lowest BCUT2D eigenvalue weighted by Gasteiger charge is -2.18. The van der Waals surface area contributed by atoms with Crippen molar-refractivity contribution in [2.75, 3.05) is 5.32 Å². The molecular weight excluding hydrogens is 420 g/mol. The van der Waals surface area contributed by atoms with Crippen molar-refractivity contribution in [3.8, 4) is 0 Å². The van der Waals surface area contributed by atoms with Crippen LogP contribution in [0.1, 0.15) is 16.7 Å². The molecule has 0 amide bonds. The molecule has 3 nitrogen and oxygen atoms in total. The number of nitrogens with zero attached hydrogens (tertiary/aromatic N) is 1. The Balaban J connectivity index is 2.07. The summed E-state index contributed by atoms with van der Waals surface area (Å²) in [6, 6.07) is 19.0. The van der Waals surface area contributed by atoms with Crippen molar-refractivity contribution in [2.24, 2.45) is 0 Å². The maximum atomic E-state index is 13.3. The Kier molecular flexibility index (Phi) is 6.04. The van der Waals surface area contributed by atoms with E-state index in [1.807, 2.05) is 73.9 Å². The molecule has 0 aliphatic carbocycles. The van der Waals surface area contributed by atoms with Gasteiger partial charge in [0.1, 0.15) is 0 Å². The van der Waals surface area contributed by atoms with E-state index in [1.165, 1.54) is 5.56 Å². The summed E-state index contributed by atoms with van der Waals surface area (Å²) in [6.45, 7) is 4.11. The predicted molar refractivity (Wildman–Crippen MR) is 116 cm³/mol. The second-order valence-corrected chi connectivity index (χ2v) is 7.46. The van der Waals surface area contributed by atoms with Crippen molar-refractivity contribution in [1.82, 2.24) is 0 Å². The van der Waals surface area contributed by atoms with Gasteiger partial charge in [0.25, 0.3) is 0 Å². The van der Waals surface area contributed by atoms with Crippen LogP contribution in [0.5, 0.6) is 0 Å². The molecule has 27 heavy (non-hydrogen) atoms. The van der Waals surface area contributed by atoms with E-state index in [1.54, 1.807) is 10.6 Å². The molecule has 0 saturated heterocycles. The minimum Gasteiger partial charge on any atom is -0.867 e. The second kappa shape index (κ2) is 8.46. The first kappa shape index (κ1) is 19.3. The minimum absolute atomic E-state index is 0.153. The number of aromatic nitrogens is 1. The lowest BCUT2D eigenvalue weighted by molar-refractivity contribution is -0.577. The highest BCUT2D eigenvalue weighted by Gasteiger charge is 2.19. The molecular formula is C22H19BrN2OS. The van der Waals surface area contributed by atoms with E-state index < -0.39 is 0 Å². The molecule has 0 atom stereocenters. The Morgan fingerprint density at radius 2 is 1.67 bits per heavy atom. The van der Waals surface area contributed by atoms with Gasteiger partial charge in [0.15, 0.2) is 17.4 Å². The number of nitrogens with one attached hydrogen (secondary N) is 1. The van der Waals surface area contributed by atoms with Gasteiger partial charge in [-0.25, -0.2) is 0 Å². The summed E-state index contributed by atoms with van der Waals surface area (Å²) in [5.74, 6) is -0.153. The molecule has 0 spiro atoms. The van der Waals surface area contributed by atoms with Crippen LogP contribution in [-0.2, 0) is 0 Å². The molecule has 0 unspecified atom stereocenters. The van der Waals surface area contributed by atoms with Gasteiger partial charge in [-0.1, -0.05) is 58.5 Å². The molecule has 1 aromatic heterocycles. The van der Waals surface area contributed by atoms with Crippen LogP contribution in [0, 0.1) is 13.8 Å². The van der Waals surface area contributed by atoms with Gasteiger partial charge in [-0.3, -0.25) is 0 Å². The number of thiocarbonyl (C=S) groups is 1. The monoisotopic (exact) mass is 438 g/mol. The maximum absolute atomic E-state index is 13.3. The molecule has 3 aromatic rings. The normalized spacial score (nSPS) is 11.7. The fraction of sp³-hybridized carbons (Fsp3) is 0.0909. The number of anilines is 1. The van der Waals surface area contributed by atoms with Crippen LogP contribution < -0.4 is 15.0 Å². The SMILES string of the molecule is Cc1ccc(NC(=S)/C(=C(\[O-])c2ccccc2Br)[n+]2ccccc2)cc1C. The molecule has 0 aliphatic heterocycles. The smallest absolute Gasteiger partial charge is 0.238 e. The fourth-order valence-electron chi connectivity index (χ4n) is 2.67. The number of halogens is 1. The molecule has 0 radical (unpaired) electrons. The number of benzene rings is 2. The van der Waals surface area contributed by atoms with Gasteiger partial charge in [0, 0.05) is 22.3 Å². The summed E-state index contributed by atoms with van der Waals surface area (Å²) in [6.07, 6.45) is 3.64. The standard InChI is InChI=1S/C22H19BrN2OS/c1-15-10-11-17(14-16(15)2)24-22(27)20(25-12-6-3-7-13-25)21(26)18-8-4-5-9-19(18)23/h3-14H,1-2H3,(H-,24,26,27). The maximum Gasteiger partial charge on any atom is 0.238 e. The summed E-state index contributed by atoms with van der Waals surface area (Å²) in [4.78, 5) is 0.371. The predicted octanol–water partition coefficient (Wildman–Crippen LogP) is 4.48. The highest BCUT2D eigenvalue weighted by atomic mass is 79.9. The molecule has 0 saturated carbocycles. The van der Waals surface area contributed by atoms with Gasteiger partial charge in [0.05, 0.1) is 0 Å². The molecule has 3 rings (SSSR count). The van der Waals surface area contributed by atoms with Gasteiger partial charge in [-0.2, -0.15) is 4.57 Å². The van der Waals surface area contributed by atoms with Gasteiger partial charge in [0.2, 0.25) is 5.70 Å². The molecule has 2 aromatic carbocycles. The van der Waals surface area contributed by atoms with Crippen LogP contribution in [-0.4, -0.2) is 4.99 Å². The summed E-state index contributed by atoms with van der Waals surface area (Å²) in [5.41, 5.74) is 4.19. The summed E-state index contributed by atoms with van der Waals surface area (Å²) in [7, 11) is 0. The van der Waals surface area contributed by atoms with Gasteiger partial charge < -0.3 is 10.4 Å². The van der Waals surface area contributed by atoms with Gasteiger partial charge in [-0.15, -0.1) is 0 Å². The van der Waals surface area contributed by atoms with Crippen LogP contribution in [0.4, 0.5) is 5.69 Å². The molecule has 0 fully saturated rings. The average molecular weight is 439 g/mol. The first-order chi connectivity index (χ1) is 13.0. The Hall–Kier alpha value is -2.50. The molecule has 136 valence electrons. The van der Waals surface area contributed by atoms with Crippen LogP contribution in [0.3, 0.4) is 0 Å². The van der Waals surface area contributed by atoms with Crippen molar-refractivity contribution >= 4 is 50.3 Å². The van der Waals surface area contributed by atoms with Crippen LogP contribution in [0.25, 0.3) is 11.5 Å². The third-order valence-electron chi connectivity index (χ3n) is 4.29. The highest BCUT2D eigenvalue weighted by molar-refractivity contribution is 9.10. The van der Waals surface area contributed by atoms with E-state index in [0.717, 1.165) is 15.7 Å². The zero-order chi connectivity index (χ0) is 19.4. The first-order valence-corrected chi connectivity index (χ1v) is 9.69. The van der Waals surface area contributed by atoms with Gasteiger partial charge >= 0.3 is 0 Å². The van der Waals surface area contributed by atoms with Gasteiger partial charge in [-0.05, 0) is 54.5 Å². The fourth-order valence-corrected chi connectivity index (χ4v) is 3.45. The van der Waals surface area contributed by atoms with E-state index in [4.69, 9.17) is 12.2 Å². The highest BCUT2D eigenvalue weighted by Crippen LogP contribution is 2.24. The lowest BCUT2D eigenvalue weighted by atomic mass is 10.1. The number of pyridine rings is 1. The van der Waals surface area contributed by atoms with E-state index in [2.05, 4.69) is 28.2 Å². The number of rotatable bonds is 4. The van der Waals surface area contributed by atoms with Crippen molar-refractivity contribution in [3.63, 3.8) is 0 Å². The van der Waals surface area contributed by atoms with E-state index in [9.17, 15) is 5.11 Å². The van der Waals surface area contributed by atoms with Crippen molar-refractivity contribution < 1.29 is 9.67 Å². The quantitative estimate of drug-likeness (QED) is 0.282. The van der Waals surface area contributed by atoms with Crippen LogP contribution >= 0.6 is 28.1 Å². The number of aryl methyl sites for hydroxylation is 2. The third-order valence-corrected chi connectivity index (χ3v) is 5.27. The minimum atomic E-state index is -0.153. The zero-order valence-electron chi connectivity index (χ0n) is 15.1. The lowest BCUT2D eigenvalue weighted by Crippen LogP contribution is -2.39. The molecule has 1 N–H and O–H groups in total. The third kappa shape index (κ3) is 4.43. The number of hydrogen-bond acceptors (Lipinski definition) is 2. The number of hydrogen-bond donors (Lipinski definition) is 1. The Bertz CT molecular complexity index is 1020. The Labute approximate surface area is 173 Å². The topological polar surface area (TPSA) is 39.0 Å². The van der Waals surface area contributed by atoms with Crippen molar-refractivity contribution in [1.29, 1.82) is 0 Å². The van der Waals surface area contributed by atoms with Crippen LogP contribution in [0.2, 0.25) is 0 Å². The average Bonchev–Trinajstić information content (AvgIpc) is 2.66. The summed E-state index contributed by atoms with van der Waals surface area (Å²) in [5, 5.41) is 16.5.